The van der Waals surface area contributed by atoms with E-state index in [4.69, 9.17) is 14.2 Å². The van der Waals surface area contributed by atoms with Crippen LogP contribution in [-0.2, 0) is 30.4 Å². The van der Waals surface area contributed by atoms with Crippen LogP contribution in [0.1, 0.15) is 38.8 Å². The van der Waals surface area contributed by atoms with E-state index in [1.165, 1.54) is 0 Å². The van der Waals surface area contributed by atoms with Crippen LogP contribution in [0.4, 0.5) is 4.79 Å². The number of hydrogen-bond acceptors (Lipinski definition) is 6. The first-order valence-electron chi connectivity index (χ1n) is 8.09. The summed E-state index contributed by atoms with van der Waals surface area (Å²) in [5.74, 6) is -1.79. The predicted octanol–water partition coefficient (Wildman–Crippen LogP) is 2.49. The molecule has 0 aliphatic carbocycles. The van der Waals surface area contributed by atoms with Gasteiger partial charge in [0, 0.05) is 0 Å². The van der Waals surface area contributed by atoms with Gasteiger partial charge in [-0.1, -0.05) is 29.8 Å². The van der Waals surface area contributed by atoms with Gasteiger partial charge in [0.05, 0.1) is 12.2 Å². The first-order chi connectivity index (χ1) is 11.7. The highest BCUT2D eigenvalue weighted by Gasteiger charge is 2.33. The van der Waals surface area contributed by atoms with Gasteiger partial charge in [0.2, 0.25) is 6.04 Å². The topological polar surface area (TPSA) is 90.9 Å². The van der Waals surface area contributed by atoms with Crippen LogP contribution in [0.2, 0.25) is 0 Å². The zero-order chi connectivity index (χ0) is 19.0. The molecule has 0 radical (unpaired) electrons. The third kappa shape index (κ3) is 7.69. The van der Waals surface area contributed by atoms with E-state index in [1.54, 1.807) is 27.7 Å². The lowest BCUT2D eigenvalue weighted by Gasteiger charge is -2.19. The van der Waals surface area contributed by atoms with E-state index in [0.717, 1.165) is 11.1 Å². The largest absolute Gasteiger partial charge is 0.461 e. The molecule has 0 aliphatic heterocycles. The molecule has 1 N–H and O–H groups in total. The van der Waals surface area contributed by atoms with Crippen LogP contribution in [0.3, 0.4) is 0 Å². The fourth-order valence-electron chi connectivity index (χ4n) is 1.81. The van der Waals surface area contributed by atoms with Gasteiger partial charge in [-0.25, -0.2) is 14.4 Å². The molecule has 0 unspecified atom stereocenters. The van der Waals surface area contributed by atoms with Crippen molar-refractivity contribution >= 4 is 18.0 Å². The standard InChI is InChI=1S/C18H25NO6/c1-11(2)24-16(20)15(17(21)25-12(3)4)19-18(22)23-10-14-8-6-13(5)7-9-14/h6-9,11-12,15H,10H2,1-5H3,(H,19,22). The molecule has 0 saturated heterocycles. The van der Waals surface area contributed by atoms with E-state index in [1.807, 2.05) is 31.2 Å². The summed E-state index contributed by atoms with van der Waals surface area (Å²) >= 11 is 0. The molecule has 1 aromatic carbocycles. The molecule has 0 heterocycles. The molecule has 0 fully saturated rings. The normalized spacial score (nSPS) is 10.7. The third-order valence-corrected chi connectivity index (χ3v) is 2.93. The summed E-state index contributed by atoms with van der Waals surface area (Å²) in [6.07, 6.45) is -1.79. The number of carbonyl (C=O) groups excluding carboxylic acids is 3. The van der Waals surface area contributed by atoms with Crippen molar-refractivity contribution in [2.75, 3.05) is 0 Å². The molecular formula is C18H25NO6. The molecule has 1 rings (SSSR count). The highest BCUT2D eigenvalue weighted by atomic mass is 16.6. The van der Waals surface area contributed by atoms with Gasteiger partial charge in [-0.2, -0.15) is 0 Å². The van der Waals surface area contributed by atoms with Crippen LogP contribution >= 0.6 is 0 Å². The Morgan fingerprint density at radius 1 is 0.920 bits per heavy atom. The number of benzene rings is 1. The number of nitrogens with one attached hydrogen (secondary N) is 1. The lowest BCUT2D eigenvalue weighted by atomic mass is 10.2. The van der Waals surface area contributed by atoms with E-state index in [0.29, 0.717) is 0 Å². The van der Waals surface area contributed by atoms with Crippen LogP contribution < -0.4 is 5.32 Å². The number of esters is 2. The van der Waals surface area contributed by atoms with E-state index in [2.05, 4.69) is 5.32 Å². The second kappa shape index (κ2) is 9.66. The summed E-state index contributed by atoms with van der Waals surface area (Å²) in [7, 11) is 0. The van der Waals surface area contributed by atoms with Gasteiger partial charge in [0.25, 0.3) is 0 Å². The van der Waals surface area contributed by atoms with Crippen molar-refractivity contribution < 1.29 is 28.6 Å². The van der Waals surface area contributed by atoms with Crippen molar-refractivity contribution in [1.82, 2.24) is 5.32 Å². The molecular weight excluding hydrogens is 326 g/mol. The zero-order valence-electron chi connectivity index (χ0n) is 15.2. The Morgan fingerprint density at radius 2 is 1.40 bits per heavy atom. The Kier molecular flexibility index (Phi) is 7.91. The number of ether oxygens (including phenoxy) is 3. The molecule has 0 spiro atoms. The molecule has 25 heavy (non-hydrogen) atoms. The quantitative estimate of drug-likeness (QED) is 0.461. The lowest BCUT2D eigenvalue weighted by Crippen LogP contribution is -2.49. The van der Waals surface area contributed by atoms with Gasteiger partial charge in [-0.05, 0) is 40.2 Å². The summed E-state index contributed by atoms with van der Waals surface area (Å²) in [5, 5.41) is 2.20. The molecule has 0 saturated carbocycles. The van der Waals surface area contributed by atoms with E-state index < -0.39 is 36.3 Å². The summed E-state index contributed by atoms with van der Waals surface area (Å²) in [6, 6.07) is 5.84. The number of aryl methyl sites for hydroxylation is 1. The minimum Gasteiger partial charge on any atom is -0.461 e. The molecule has 0 atom stereocenters. The first-order valence-corrected chi connectivity index (χ1v) is 8.09. The zero-order valence-corrected chi connectivity index (χ0v) is 15.2. The van der Waals surface area contributed by atoms with Crippen molar-refractivity contribution in [2.45, 2.75) is 59.5 Å². The van der Waals surface area contributed by atoms with E-state index >= 15 is 0 Å². The summed E-state index contributed by atoms with van der Waals surface area (Å²) in [6.45, 7) is 8.51. The maximum Gasteiger partial charge on any atom is 0.408 e. The van der Waals surface area contributed by atoms with Crippen molar-refractivity contribution in [3.05, 3.63) is 35.4 Å². The van der Waals surface area contributed by atoms with Gasteiger partial charge in [0.1, 0.15) is 6.61 Å². The summed E-state index contributed by atoms with van der Waals surface area (Å²) in [5.41, 5.74) is 1.87. The maximum absolute atomic E-state index is 12.0. The first kappa shape index (κ1) is 20.5. The van der Waals surface area contributed by atoms with Crippen LogP contribution in [0.25, 0.3) is 0 Å². The SMILES string of the molecule is Cc1ccc(COC(=O)NC(C(=O)OC(C)C)C(=O)OC(C)C)cc1. The summed E-state index contributed by atoms with van der Waals surface area (Å²) < 4.78 is 15.0. The third-order valence-electron chi connectivity index (χ3n) is 2.93. The highest BCUT2D eigenvalue weighted by molar-refractivity contribution is 6.01. The van der Waals surface area contributed by atoms with E-state index in [9.17, 15) is 14.4 Å². The predicted molar refractivity (Wildman–Crippen MR) is 90.7 cm³/mol. The Labute approximate surface area is 147 Å². The molecule has 0 aliphatic rings. The number of rotatable bonds is 7. The van der Waals surface area contributed by atoms with Crippen molar-refractivity contribution in [3.8, 4) is 0 Å². The second-order valence-electron chi connectivity index (χ2n) is 6.11. The smallest absolute Gasteiger partial charge is 0.408 e. The maximum atomic E-state index is 12.0. The molecule has 7 nitrogen and oxygen atoms in total. The van der Waals surface area contributed by atoms with Gasteiger partial charge in [-0.15, -0.1) is 0 Å². The van der Waals surface area contributed by atoms with Crippen molar-refractivity contribution in [1.29, 1.82) is 0 Å². The van der Waals surface area contributed by atoms with Crippen LogP contribution in [0, 0.1) is 6.92 Å². The summed E-state index contributed by atoms with van der Waals surface area (Å²) in [4.78, 5) is 36.0. The fraction of sp³-hybridized carbons (Fsp3) is 0.500. The molecule has 0 bridgehead atoms. The molecule has 1 amide bonds. The van der Waals surface area contributed by atoms with E-state index in [-0.39, 0.29) is 6.61 Å². The number of amides is 1. The monoisotopic (exact) mass is 351 g/mol. The van der Waals surface area contributed by atoms with Crippen LogP contribution in [0.5, 0.6) is 0 Å². The van der Waals surface area contributed by atoms with Gasteiger partial charge in [0.15, 0.2) is 0 Å². The molecule has 1 aromatic rings. The van der Waals surface area contributed by atoms with Crippen LogP contribution in [0.15, 0.2) is 24.3 Å². The van der Waals surface area contributed by atoms with Gasteiger partial charge >= 0.3 is 18.0 Å². The Morgan fingerprint density at radius 3 is 1.84 bits per heavy atom. The number of hydrogen-bond donors (Lipinski definition) is 1. The minimum atomic E-state index is -1.57. The lowest BCUT2D eigenvalue weighted by molar-refractivity contribution is -0.162. The fourth-order valence-corrected chi connectivity index (χ4v) is 1.81. The average Bonchev–Trinajstić information content (AvgIpc) is 2.50. The molecule has 138 valence electrons. The molecule has 0 aromatic heterocycles. The Bertz CT molecular complexity index is 572. The van der Waals surface area contributed by atoms with Crippen LogP contribution in [-0.4, -0.2) is 36.3 Å². The number of carbonyl (C=O) groups is 3. The van der Waals surface area contributed by atoms with Crippen molar-refractivity contribution in [2.24, 2.45) is 0 Å². The second-order valence-corrected chi connectivity index (χ2v) is 6.11. The van der Waals surface area contributed by atoms with Crippen molar-refractivity contribution in [3.63, 3.8) is 0 Å². The Hall–Kier alpha value is -2.57. The molecule has 7 heteroatoms. The van der Waals surface area contributed by atoms with Gasteiger partial charge in [-0.3, -0.25) is 5.32 Å². The average molecular weight is 351 g/mol. The van der Waals surface area contributed by atoms with Gasteiger partial charge < -0.3 is 14.2 Å². The highest BCUT2D eigenvalue weighted by Crippen LogP contribution is 2.06. The Balaban J connectivity index is 2.68. The minimum absolute atomic E-state index is 0.0112. The number of alkyl carbamates (subject to hydrolysis) is 1.